The van der Waals surface area contributed by atoms with E-state index in [0.717, 1.165) is 0 Å². The first kappa shape index (κ1) is 36.5. The summed E-state index contributed by atoms with van der Waals surface area (Å²) in [5.74, 6) is -0.323. The van der Waals surface area contributed by atoms with Crippen LogP contribution in [0.1, 0.15) is 81.1 Å². The van der Waals surface area contributed by atoms with Gasteiger partial charge in [-0.2, -0.15) is 0 Å². The standard InChI is InChI=1S/C36H48FN3O8/c1-33(2,3)47-31(43)39-19-16-35(7,17-20-39)30(42)46-28-23-36(8,18-21-40(28)32(44)48-34(4,5)6)29(41)38-25-10-9-11-27(22-25)45-26-14-12-24(37)13-15-26/h9-15,22,28H,16-21,23H2,1-8H3,(H,38,41). The molecule has 2 unspecified atom stereocenters. The molecule has 0 spiro atoms. The molecule has 2 aliphatic rings. The Bertz CT molecular complexity index is 1490. The van der Waals surface area contributed by atoms with E-state index < -0.39 is 46.4 Å². The van der Waals surface area contributed by atoms with Gasteiger partial charge < -0.3 is 29.2 Å². The van der Waals surface area contributed by atoms with Gasteiger partial charge in [0.25, 0.3) is 0 Å². The van der Waals surface area contributed by atoms with Gasteiger partial charge in [0, 0.05) is 37.8 Å². The van der Waals surface area contributed by atoms with Gasteiger partial charge in [-0.1, -0.05) is 13.0 Å². The Balaban J connectivity index is 1.47. The van der Waals surface area contributed by atoms with Crippen molar-refractivity contribution >= 4 is 29.8 Å². The van der Waals surface area contributed by atoms with E-state index in [-0.39, 0.29) is 24.7 Å². The zero-order valence-electron chi connectivity index (χ0n) is 29.2. The predicted octanol–water partition coefficient (Wildman–Crippen LogP) is 7.50. The first-order chi connectivity index (χ1) is 22.3. The maximum Gasteiger partial charge on any atom is 0.413 e. The highest BCUT2D eigenvalue weighted by atomic mass is 19.1. The fourth-order valence-corrected chi connectivity index (χ4v) is 5.49. The summed E-state index contributed by atoms with van der Waals surface area (Å²) < 4.78 is 36.3. The van der Waals surface area contributed by atoms with Crippen molar-refractivity contribution < 1.29 is 42.5 Å². The SMILES string of the molecule is CC(C)(C)OC(=O)N1CCC(C)(C(=O)OC2CC(C)(C(=O)Nc3cccc(Oc4ccc(F)cc4)c3)CCN2C(=O)OC(C)(C)C)CC1. The summed E-state index contributed by atoms with van der Waals surface area (Å²) in [4.78, 5) is 56.4. The van der Waals surface area contributed by atoms with Crippen LogP contribution in [0.15, 0.2) is 48.5 Å². The number of hydrogen-bond acceptors (Lipinski definition) is 8. The van der Waals surface area contributed by atoms with Gasteiger partial charge in [0.1, 0.15) is 28.5 Å². The normalized spacial score (nSPS) is 21.1. The lowest BCUT2D eigenvalue weighted by atomic mass is 9.78. The number of carbonyl (C=O) groups is 4. The second-order valence-corrected chi connectivity index (χ2v) is 15.1. The topological polar surface area (TPSA) is 124 Å². The number of carbonyl (C=O) groups excluding carboxylic acids is 4. The minimum atomic E-state index is -1.06. The van der Waals surface area contributed by atoms with Crippen LogP contribution in [0.3, 0.4) is 0 Å². The smallest absolute Gasteiger partial charge is 0.413 e. The minimum Gasteiger partial charge on any atom is -0.457 e. The van der Waals surface area contributed by atoms with Crippen LogP contribution in [-0.4, -0.2) is 70.9 Å². The average Bonchev–Trinajstić information content (AvgIpc) is 2.97. The molecule has 12 heteroatoms. The fraction of sp³-hybridized carbons (Fsp3) is 0.556. The van der Waals surface area contributed by atoms with Crippen LogP contribution in [0, 0.1) is 16.6 Å². The van der Waals surface area contributed by atoms with Crippen molar-refractivity contribution in [1.29, 1.82) is 0 Å². The molecule has 2 aromatic rings. The van der Waals surface area contributed by atoms with Crippen molar-refractivity contribution in [3.05, 3.63) is 54.3 Å². The first-order valence-corrected chi connectivity index (χ1v) is 16.3. The van der Waals surface area contributed by atoms with E-state index in [4.69, 9.17) is 18.9 Å². The van der Waals surface area contributed by atoms with Crippen molar-refractivity contribution in [2.75, 3.05) is 25.0 Å². The molecule has 0 aliphatic carbocycles. The van der Waals surface area contributed by atoms with Gasteiger partial charge in [0.05, 0.1) is 10.8 Å². The van der Waals surface area contributed by atoms with Crippen LogP contribution in [0.2, 0.25) is 0 Å². The molecule has 4 rings (SSSR count). The van der Waals surface area contributed by atoms with Crippen molar-refractivity contribution in [2.24, 2.45) is 10.8 Å². The molecule has 48 heavy (non-hydrogen) atoms. The lowest BCUT2D eigenvalue weighted by Crippen LogP contribution is -2.56. The summed E-state index contributed by atoms with van der Waals surface area (Å²) in [6.45, 7) is 14.9. The lowest BCUT2D eigenvalue weighted by molar-refractivity contribution is -0.180. The quantitative estimate of drug-likeness (QED) is 0.248. The summed E-state index contributed by atoms with van der Waals surface area (Å²) in [6, 6.07) is 12.4. The Kier molecular flexibility index (Phi) is 10.7. The first-order valence-electron chi connectivity index (χ1n) is 16.3. The molecule has 2 aromatic carbocycles. The zero-order valence-corrected chi connectivity index (χ0v) is 29.2. The van der Waals surface area contributed by atoms with E-state index in [1.165, 1.54) is 29.2 Å². The highest BCUT2D eigenvalue weighted by Crippen LogP contribution is 2.40. The molecule has 0 bridgehead atoms. The molecule has 1 N–H and O–H groups in total. The number of hydrogen-bond donors (Lipinski definition) is 1. The molecule has 2 saturated heterocycles. The number of benzene rings is 2. The summed E-state index contributed by atoms with van der Waals surface area (Å²) in [6.07, 6.45) is -1.12. The van der Waals surface area contributed by atoms with E-state index in [1.54, 1.807) is 84.6 Å². The molecule has 2 aliphatic heterocycles. The molecule has 262 valence electrons. The number of piperidine rings is 2. The highest BCUT2D eigenvalue weighted by Gasteiger charge is 2.48. The Morgan fingerprint density at radius 1 is 0.792 bits per heavy atom. The van der Waals surface area contributed by atoms with Gasteiger partial charge in [-0.3, -0.25) is 14.5 Å². The van der Waals surface area contributed by atoms with Crippen molar-refractivity contribution in [1.82, 2.24) is 9.80 Å². The number of nitrogens with zero attached hydrogens (tertiary/aromatic N) is 2. The van der Waals surface area contributed by atoms with Crippen LogP contribution in [0.5, 0.6) is 11.5 Å². The van der Waals surface area contributed by atoms with Crippen molar-refractivity contribution in [3.8, 4) is 11.5 Å². The highest BCUT2D eigenvalue weighted by molar-refractivity contribution is 5.95. The number of rotatable bonds is 6. The molecule has 2 heterocycles. The monoisotopic (exact) mass is 669 g/mol. The largest absolute Gasteiger partial charge is 0.457 e. The van der Waals surface area contributed by atoms with Crippen molar-refractivity contribution in [2.45, 2.75) is 98.5 Å². The number of ether oxygens (including phenoxy) is 4. The van der Waals surface area contributed by atoms with Crippen LogP contribution in [0.25, 0.3) is 0 Å². The van der Waals surface area contributed by atoms with Crippen LogP contribution in [-0.2, 0) is 23.8 Å². The summed E-state index contributed by atoms with van der Waals surface area (Å²) in [5, 5.41) is 2.94. The van der Waals surface area contributed by atoms with E-state index in [1.807, 2.05) is 0 Å². The second-order valence-electron chi connectivity index (χ2n) is 15.1. The number of esters is 1. The Hall–Kier alpha value is -4.35. The van der Waals surface area contributed by atoms with Gasteiger partial charge >= 0.3 is 18.2 Å². The molecule has 0 aromatic heterocycles. The van der Waals surface area contributed by atoms with E-state index in [2.05, 4.69) is 5.32 Å². The van der Waals surface area contributed by atoms with Gasteiger partial charge in [0.15, 0.2) is 6.23 Å². The summed E-state index contributed by atoms with van der Waals surface area (Å²) >= 11 is 0. The predicted molar refractivity (Wildman–Crippen MR) is 177 cm³/mol. The van der Waals surface area contributed by atoms with Crippen LogP contribution in [0.4, 0.5) is 19.7 Å². The third kappa shape index (κ3) is 9.60. The van der Waals surface area contributed by atoms with Crippen LogP contribution >= 0.6 is 0 Å². The molecular weight excluding hydrogens is 621 g/mol. The number of likely N-dealkylation sites (tertiary alicyclic amines) is 2. The van der Waals surface area contributed by atoms with E-state index in [0.29, 0.717) is 49.5 Å². The van der Waals surface area contributed by atoms with Crippen molar-refractivity contribution in [3.63, 3.8) is 0 Å². The third-order valence-corrected chi connectivity index (χ3v) is 8.45. The molecule has 0 saturated carbocycles. The molecule has 11 nitrogen and oxygen atoms in total. The Labute approximate surface area is 282 Å². The molecular formula is C36H48FN3O8. The number of amides is 3. The van der Waals surface area contributed by atoms with E-state index >= 15 is 0 Å². The maximum absolute atomic E-state index is 13.8. The fourth-order valence-electron chi connectivity index (χ4n) is 5.49. The minimum absolute atomic E-state index is 0.0374. The molecule has 2 fully saturated rings. The second kappa shape index (κ2) is 14.0. The lowest BCUT2D eigenvalue weighted by Gasteiger charge is -2.45. The van der Waals surface area contributed by atoms with Gasteiger partial charge in [0.2, 0.25) is 5.91 Å². The summed E-state index contributed by atoms with van der Waals surface area (Å²) in [7, 11) is 0. The van der Waals surface area contributed by atoms with Gasteiger partial charge in [-0.25, -0.2) is 14.0 Å². The Morgan fingerprint density at radius 3 is 1.98 bits per heavy atom. The van der Waals surface area contributed by atoms with E-state index in [9.17, 15) is 23.6 Å². The number of anilines is 1. The molecule has 3 amide bonds. The number of halogens is 1. The zero-order chi connectivity index (χ0) is 35.5. The maximum atomic E-state index is 13.8. The van der Waals surface area contributed by atoms with Crippen LogP contribution < -0.4 is 10.1 Å². The van der Waals surface area contributed by atoms with Gasteiger partial charge in [-0.05, 0) is 104 Å². The molecule has 2 atom stereocenters. The third-order valence-electron chi connectivity index (χ3n) is 8.45. The average molecular weight is 670 g/mol. The Morgan fingerprint density at radius 2 is 1.38 bits per heavy atom. The van der Waals surface area contributed by atoms with Gasteiger partial charge in [-0.15, -0.1) is 0 Å². The summed E-state index contributed by atoms with van der Waals surface area (Å²) in [5.41, 5.74) is -2.88. The molecule has 0 radical (unpaired) electrons. The number of nitrogens with one attached hydrogen (secondary N) is 1.